The molecule has 5 heteroatoms. The minimum absolute atomic E-state index is 0.102. The maximum Gasteiger partial charge on any atom is 0.167 e. The van der Waals surface area contributed by atoms with E-state index in [0.717, 1.165) is 18.5 Å². The highest BCUT2D eigenvalue weighted by Crippen LogP contribution is 2.38. The highest BCUT2D eigenvalue weighted by Gasteiger charge is 2.30. The molecule has 20 heavy (non-hydrogen) atoms. The van der Waals surface area contributed by atoms with Crippen LogP contribution in [0.3, 0.4) is 0 Å². The lowest BCUT2D eigenvalue weighted by molar-refractivity contribution is 0.231. The molecule has 1 fully saturated rings. The van der Waals surface area contributed by atoms with Crippen molar-refractivity contribution in [3.05, 3.63) is 17.9 Å². The molecule has 0 aromatic heterocycles. The lowest BCUT2D eigenvalue weighted by Crippen LogP contribution is -2.27. The van der Waals surface area contributed by atoms with Gasteiger partial charge in [-0.05, 0) is 26.7 Å². The number of nitrogens with zero attached hydrogens (tertiary/aromatic N) is 2. The van der Waals surface area contributed by atoms with Gasteiger partial charge in [0, 0.05) is 24.7 Å². The first-order valence-corrected chi connectivity index (χ1v) is 6.92. The standard InChI is InChI=1S/C15H20FN3O/c1-10(2)20-15-9-14(13(18)8-12(15)16)19(7-3-6-17)11-4-5-11/h8-11H,3-5,7,18H2,1-2H3. The van der Waals surface area contributed by atoms with Crippen molar-refractivity contribution in [1.29, 1.82) is 5.26 Å². The molecule has 0 atom stereocenters. The molecule has 0 amide bonds. The summed E-state index contributed by atoms with van der Waals surface area (Å²) < 4.78 is 19.3. The summed E-state index contributed by atoms with van der Waals surface area (Å²) in [7, 11) is 0. The minimum atomic E-state index is -0.448. The van der Waals surface area contributed by atoms with Crippen molar-refractivity contribution in [3.63, 3.8) is 0 Å². The van der Waals surface area contributed by atoms with Gasteiger partial charge in [0.2, 0.25) is 0 Å². The van der Waals surface area contributed by atoms with Crippen LogP contribution in [-0.4, -0.2) is 18.7 Å². The third kappa shape index (κ3) is 3.32. The summed E-state index contributed by atoms with van der Waals surface area (Å²) in [4.78, 5) is 2.09. The average molecular weight is 277 g/mol. The van der Waals surface area contributed by atoms with Crippen LogP contribution in [0.2, 0.25) is 0 Å². The normalized spacial score (nSPS) is 14.2. The van der Waals surface area contributed by atoms with Crippen LogP contribution >= 0.6 is 0 Å². The van der Waals surface area contributed by atoms with E-state index in [1.54, 1.807) is 6.07 Å². The van der Waals surface area contributed by atoms with Crippen LogP contribution in [0.5, 0.6) is 5.75 Å². The summed E-state index contributed by atoms with van der Waals surface area (Å²) in [5, 5.41) is 8.76. The van der Waals surface area contributed by atoms with E-state index in [9.17, 15) is 4.39 Å². The molecule has 1 saturated carbocycles. The maximum absolute atomic E-state index is 13.8. The SMILES string of the molecule is CC(C)Oc1cc(N(CCC#N)C2CC2)c(N)cc1F. The van der Waals surface area contributed by atoms with Gasteiger partial charge in [0.05, 0.1) is 30.0 Å². The predicted octanol–water partition coefficient (Wildman–Crippen LogP) is 3.08. The Labute approximate surface area is 118 Å². The van der Waals surface area contributed by atoms with E-state index in [2.05, 4.69) is 11.0 Å². The Morgan fingerprint density at radius 2 is 2.20 bits per heavy atom. The Kier molecular flexibility index (Phi) is 4.33. The number of hydrogen-bond donors (Lipinski definition) is 1. The van der Waals surface area contributed by atoms with Crippen molar-refractivity contribution in [2.75, 3.05) is 17.2 Å². The molecule has 4 nitrogen and oxygen atoms in total. The van der Waals surface area contributed by atoms with Gasteiger partial charge in [-0.1, -0.05) is 0 Å². The largest absolute Gasteiger partial charge is 0.488 e. The number of nitrogen functional groups attached to an aromatic ring is 1. The molecule has 1 aliphatic carbocycles. The summed E-state index contributed by atoms with van der Waals surface area (Å²) >= 11 is 0. The van der Waals surface area contributed by atoms with Gasteiger partial charge in [-0.15, -0.1) is 0 Å². The quantitative estimate of drug-likeness (QED) is 0.812. The first-order valence-electron chi connectivity index (χ1n) is 6.92. The monoisotopic (exact) mass is 277 g/mol. The molecule has 2 N–H and O–H groups in total. The Balaban J connectivity index is 2.30. The van der Waals surface area contributed by atoms with Gasteiger partial charge in [0.1, 0.15) is 0 Å². The molecule has 1 aromatic rings. The Bertz CT molecular complexity index is 521. The second kappa shape index (κ2) is 6.00. The number of benzene rings is 1. The molecule has 1 aromatic carbocycles. The molecule has 108 valence electrons. The number of rotatable bonds is 6. The molecule has 0 aliphatic heterocycles. The maximum atomic E-state index is 13.8. The lowest BCUT2D eigenvalue weighted by Gasteiger charge is -2.26. The van der Waals surface area contributed by atoms with E-state index >= 15 is 0 Å². The van der Waals surface area contributed by atoms with Crippen molar-refractivity contribution in [2.24, 2.45) is 0 Å². The highest BCUT2D eigenvalue weighted by atomic mass is 19.1. The topological polar surface area (TPSA) is 62.3 Å². The Hall–Kier alpha value is -1.96. The first-order chi connectivity index (χ1) is 9.52. The van der Waals surface area contributed by atoms with Crippen molar-refractivity contribution >= 4 is 11.4 Å². The van der Waals surface area contributed by atoms with Crippen molar-refractivity contribution in [3.8, 4) is 11.8 Å². The zero-order valence-electron chi connectivity index (χ0n) is 11.9. The van der Waals surface area contributed by atoms with E-state index in [1.165, 1.54) is 6.07 Å². The van der Waals surface area contributed by atoms with Crippen molar-refractivity contribution in [2.45, 2.75) is 45.3 Å². The minimum Gasteiger partial charge on any atom is -0.488 e. The average Bonchev–Trinajstić information content (AvgIpc) is 3.18. The molecular formula is C15H20FN3O. The molecule has 0 saturated heterocycles. The van der Waals surface area contributed by atoms with Gasteiger partial charge >= 0.3 is 0 Å². The number of anilines is 2. The van der Waals surface area contributed by atoms with Crippen LogP contribution in [-0.2, 0) is 0 Å². The molecule has 0 unspecified atom stereocenters. The molecule has 0 radical (unpaired) electrons. The van der Waals surface area contributed by atoms with Gasteiger partial charge in [-0.3, -0.25) is 0 Å². The second-order valence-electron chi connectivity index (χ2n) is 5.34. The number of hydrogen-bond acceptors (Lipinski definition) is 4. The summed E-state index contributed by atoms with van der Waals surface area (Å²) in [5.74, 6) is -0.234. The third-order valence-electron chi connectivity index (χ3n) is 3.21. The van der Waals surface area contributed by atoms with Gasteiger partial charge < -0.3 is 15.4 Å². The fourth-order valence-corrected chi connectivity index (χ4v) is 2.21. The molecular weight excluding hydrogens is 257 g/mol. The van der Waals surface area contributed by atoms with E-state index in [0.29, 0.717) is 24.7 Å². The second-order valence-corrected chi connectivity index (χ2v) is 5.34. The smallest absolute Gasteiger partial charge is 0.167 e. The molecule has 0 heterocycles. The predicted molar refractivity (Wildman–Crippen MR) is 77.2 cm³/mol. The number of nitriles is 1. The molecule has 0 spiro atoms. The van der Waals surface area contributed by atoms with E-state index in [1.807, 2.05) is 13.8 Å². The van der Waals surface area contributed by atoms with Gasteiger partial charge in [-0.25, -0.2) is 4.39 Å². The van der Waals surface area contributed by atoms with E-state index in [4.69, 9.17) is 15.7 Å². The number of nitrogens with two attached hydrogens (primary N) is 1. The summed E-state index contributed by atoms with van der Waals surface area (Å²) in [6.45, 7) is 4.31. The highest BCUT2D eigenvalue weighted by molar-refractivity contribution is 5.71. The Morgan fingerprint density at radius 1 is 1.50 bits per heavy atom. The van der Waals surface area contributed by atoms with Gasteiger partial charge in [0.15, 0.2) is 11.6 Å². The Morgan fingerprint density at radius 3 is 2.75 bits per heavy atom. The molecule has 0 bridgehead atoms. The van der Waals surface area contributed by atoms with Crippen LogP contribution in [0.15, 0.2) is 12.1 Å². The van der Waals surface area contributed by atoms with Crippen LogP contribution < -0.4 is 15.4 Å². The molecule has 2 rings (SSSR count). The van der Waals surface area contributed by atoms with Gasteiger partial charge in [0.25, 0.3) is 0 Å². The zero-order chi connectivity index (χ0) is 14.7. The van der Waals surface area contributed by atoms with Crippen LogP contribution in [0.4, 0.5) is 15.8 Å². The number of ether oxygens (including phenoxy) is 1. The fraction of sp³-hybridized carbons (Fsp3) is 0.533. The fourth-order valence-electron chi connectivity index (χ4n) is 2.21. The molecule has 1 aliphatic rings. The summed E-state index contributed by atoms with van der Waals surface area (Å²) in [6.07, 6.45) is 2.49. The van der Waals surface area contributed by atoms with Crippen LogP contribution in [0, 0.1) is 17.1 Å². The van der Waals surface area contributed by atoms with Crippen LogP contribution in [0.1, 0.15) is 33.1 Å². The third-order valence-corrected chi connectivity index (χ3v) is 3.21. The van der Waals surface area contributed by atoms with E-state index < -0.39 is 5.82 Å². The van der Waals surface area contributed by atoms with Crippen molar-refractivity contribution in [1.82, 2.24) is 0 Å². The summed E-state index contributed by atoms with van der Waals surface area (Å²) in [5.41, 5.74) is 7.09. The van der Waals surface area contributed by atoms with Crippen molar-refractivity contribution < 1.29 is 9.13 Å². The van der Waals surface area contributed by atoms with E-state index in [-0.39, 0.29) is 11.9 Å². The van der Waals surface area contributed by atoms with Gasteiger partial charge in [-0.2, -0.15) is 5.26 Å². The first kappa shape index (κ1) is 14.4. The van der Waals surface area contributed by atoms with Crippen LogP contribution in [0.25, 0.3) is 0 Å². The number of halogens is 1. The zero-order valence-corrected chi connectivity index (χ0v) is 11.9. The summed E-state index contributed by atoms with van der Waals surface area (Å²) in [6, 6.07) is 5.50. The lowest BCUT2D eigenvalue weighted by atomic mass is 10.2.